The average molecular weight is 201 g/mol. The Morgan fingerprint density at radius 2 is 2.29 bits per heavy atom. The summed E-state index contributed by atoms with van der Waals surface area (Å²) in [6.45, 7) is 6.02. The van der Waals surface area contributed by atoms with Crippen LogP contribution in [0.5, 0.6) is 0 Å². The molecule has 14 heavy (non-hydrogen) atoms. The van der Waals surface area contributed by atoms with Gasteiger partial charge >= 0.3 is 0 Å². The molecule has 0 aromatic heterocycles. The van der Waals surface area contributed by atoms with E-state index in [1.165, 1.54) is 12.8 Å². The minimum atomic E-state index is 0.318. The van der Waals surface area contributed by atoms with Gasteiger partial charge in [-0.15, -0.1) is 0 Å². The van der Waals surface area contributed by atoms with Gasteiger partial charge in [-0.1, -0.05) is 6.42 Å². The van der Waals surface area contributed by atoms with Crippen LogP contribution >= 0.6 is 0 Å². The average Bonchev–Trinajstić information content (AvgIpc) is 2.62. The fraction of sp³-hybridized carbons (Fsp3) is 1.00. The molecule has 3 nitrogen and oxygen atoms in total. The van der Waals surface area contributed by atoms with E-state index in [-0.39, 0.29) is 0 Å². The van der Waals surface area contributed by atoms with Crippen molar-refractivity contribution in [1.82, 2.24) is 5.32 Å². The van der Waals surface area contributed by atoms with E-state index in [1.807, 2.05) is 6.92 Å². The Kier molecular flexibility index (Phi) is 5.45. The number of hydrogen-bond acceptors (Lipinski definition) is 3. The lowest BCUT2D eigenvalue weighted by Crippen LogP contribution is -2.42. The van der Waals surface area contributed by atoms with Crippen molar-refractivity contribution in [2.45, 2.75) is 45.2 Å². The number of ether oxygens (including phenoxy) is 1. The molecule has 0 aliphatic heterocycles. The van der Waals surface area contributed by atoms with Gasteiger partial charge in [0.1, 0.15) is 0 Å². The maximum atomic E-state index is 9.15. The van der Waals surface area contributed by atoms with Crippen molar-refractivity contribution in [3.05, 3.63) is 0 Å². The predicted molar refractivity (Wildman–Crippen MR) is 57.3 cm³/mol. The Morgan fingerprint density at radius 1 is 1.50 bits per heavy atom. The highest BCUT2D eigenvalue weighted by atomic mass is 16.5. The molecule has 3 atom stereocenters. The second-order valence-corrected chi connectivity index (χ2v) is 4.21. The topological polar surface area (TPSA) is 41.5 Å². The molecule has 0 saturated heterocycles. The van der Waals surface area contributed by atoms with E-state index >= 15 is 0 Å². The number of aliphatic hydroxyl groups is 1. The molecule has 1 fully saturated rings. The van der Waals surface area contributed by atoms with E-state index < -0.39 is 0 Å². The van der Waals surface area contributed by atoms with Crippen molar-refractivity contribution in [2.24, 2.45) is 5.92 Å². The number of rotatable bonds is 6. The molecule has 0 spiro atoms. The van der Waals surface area contributed by atoms with Crippen molar-refractivity contribution < 1.29 is 9.84 Å². The maximum Gasteiger partial charge on any atom is 0.0616 e. The summed E-state index contributed by atoms with van der Waals surface area (Å²) in [4.78, 5) is 0. The zero-order valence-electron chi connectivity index (χ0n) is 9.33. The summed E-state index contributed by atoms with van der Waals surface area (Å²) < 4.78 is 5.35. The van der Waals surface area contributed by atoms with Crippen LogP contribution in [0.2, 0.25) is 0 Å². The first kappa shape index (κ1) is 12.0. The SMILES string of the molecule is CCOCC(C)NC1CCCC1CO. The monoisotopic (exact) mass is 201 g/mol. The molecule has 2 N–H and O–H groups in total. The van der Waals surface area contributed by atoms with E-state index in [1.54, 1.807) is 0 Å². The van der Waals surface area contributed by atoms with Crippen LogP contribution < -0.4 is 5.32 Å². The van der Waals surface area contributed by atoms with E-state index in [9.17, 15) is 0 Å². The Balaban J connectivity index is 2.21. The summed E-state index contributed by atoms with van der Waals surface area (Å²) in [5, 5.41) is 12.7. The molecular formula is C11H23NO2. The molecule has 84 valence electrons. The first-order chi connectivity index (χ1) is 6.77. The summed E-state index contributed by atoms with van der Waals surface area (Å²) in [5.41, 5.74) is 0. The lowest BCUT2D eigenvalue weighted by molar-refractivity contribution is 0.116. The van der Waals surface area contributed by atoms with Crippen LogP contribution in [0.15, 0.2) is 0 Å². The summed E-state index contributed by atoms with van der Waals surface area (Å²) in [7, 11) is 0. The van der Waals surface area contributed by atoms with E-state index in [4.69, 9.17) is 9.84 Å². The van der Waals surface area contributed by atoms with E-state index in [0.717, 1.165) is 19.6 Å². The highest BCUT2D eigenvalue weighted by Gasteiger charge is 2.27. The lowest BCUT2D eigenvalue weighted by atomic mass is 10.0. The van der Waals surface area contributed by atoms with Gasteiger partial charge in [0.15, 0.2) is 0 Å². The number of hydrogen-bond donors (Lipinski definition) is 2. The van der Waals surface area contributed by atoms with Gasteiger partial charge in [0, 0.05) is 25.3 Å². The van der Waals surface area contributed by atoms with Crippen LogP contribution in [0, 0.1) is 5.92 Å². The molecule has 0 radical (unpaired) electrons. The van der Waals surface area contributed by atoms with Crippen LogP contribution in [0.3, 0.4) is 0 Å². The Bertz CT molecular complexity index is 152. The van der Waals surface area contributed by atoms with Gasteiger partial charge in [0.05, 0.1) is 6.61 Å². The third kappa shape index (κ3) is 3.56. The fourth-order valence-corrected chi connectivity index (χ4v) is 2.18. The van der Waals surface area contributed by atoms with Crippen molar-refractivity contribution in [2.75, 3.05) is 19.8 Å². The van der Waals surface area contributed by atoms with Gasteiger partial charge in [-0.25, -0.2) is 0 Å². The predicted octanol–water partition coefficient (Wildman–Crippen LogP) is 1.16. The Morgan fingerprint density at radius 3 is 2.93 bits per heavy atom. The first-order valence-corrected chi connectivity index (χ1v) is 5.72. The van der Waals surface area contributed by atoms with Crippen molar-refractivity contribution >= 4 is 0 Å². The van der Waals surface area contributed by atoms with Crippen molar-refractivity contribution in [1.29, 1.82) is 0 Å². The molecule has 1 rings (SSSR count). The summed E-state index contributed by atoms with van der Waals surface area (Å²) >= 11 is 0. The highest BCUT2D eigenvalue weighted by molar-refractivity contribution is 4.84. The van der Waals surface area contributed by atoms with Crippen LogP contribution in [-0.4, -0.2) is 37.0 Å². The molecule has 0 amide bonds. The van der Waals surface area contributed by atoms with Crippen LogP contribution in [0.1, 0.15) is 33.1 Å². The molecule has 1 aliphatic rings. The van der Waals surface area contributed by atoms with Crippen LogP contribution in [-0.2, 0) is 4.74 Å². The van der Waals surface area contributed by atoms with Gasteiger partial charge in [0.2, 0.25) is 0 Å². The lowest BCUT2D eigenvalue weighted by Gasteiger charge is -2.23. The van der Waals surface area contributed by atoms with E-state index in [2.05, 4.69) is 12.2 Å². The van der Waals surface area contributed by atoms with Crippen molar-refractivity contribution in [3.8, 4) is 0 Å². The second-order valence-electron chi connectivity index (χ2n) is 4.21. The summed E-state index contributed by atoms with van der Waals surface area (Å²) in [5.74, 6) is 0.457. The smallest absolute Gasteiger partial charge is 0.0616 e. The molecule has 0 aromatic carbocycles. The number of nitrogens with one attached hydrogen (secondary N) is 1. The molecule has 0 aromatic rings. The van der Waals surface area contributed by atoms with Crippen LogP contribution in [0.4, 0.5) is 0 Å². The quantitative estimate of drug-likeness (QED) is 0.677. The van der Waals surface area contributed by atoms with Gasteiger partial charge in [0.25, 0.3) is 0 Å². The fourth-order valence-electron chi connectivity index (χ4n) is 2.18. The largest absolute Gasteiger partial charge is 0.396 e. The zero-order valence-corrected chi connectivity index (χ0v) is 9.33. The minimum Gasteiger partial charge on any atom is -0.396 e. The Labute approximate surface area is 86.8 Å². The standard InChI is InChI=1S/C11H23NO2/c1-3-14-8-9(2)12-11-6-4-5-10(11)7-13/h9-13H,3-8H2,1-2H3. The molecular weight excluding hydrogens is 178 g/mol. The minimum absolute atomic E-state index is 0.318. The summed E-state index contributed by atoms with van der Waals surface area (Å²) in [6.07, 6.45) is 3.60. The summed E-state index contributed by atoms with van der Waals surface area (Å²) in [6, 6.07) is 0.891. The van der Waals surface area contributed by atoms with Gasteiger partial charge < -0.3 is 15.2 Å². The van der Waals surface area contributed by atoms with Crippen LogP contribution in [0.25, 0.3) is 0 Å². The highest BCUT2D eigenvalue weighted by Crippen LogP contribution is 2.25. The van der Waals surface area contributed by atoms with Crippen molar-refractivity contribution in [3.63, 3.8) is 0 Å². The van der Waals surface area contributed by atoms with Gasteiger partial charge in [-0.3, -0.25) is 0 Å². The first-order valence-electron chi connectivity index (χ1n) is 5.72. The Hall–Kier alpha value is -0.120. The normalized spacial score (nSPS) is 29.4. The van der Waals surface area contributed by atoms with Gasteiger partial charge in [-0.05, 0) is 32.6 Å². The third-order valence-corrected chi connectivity index (χ3v) is 2.96. The second kappa shape index (κ2) is 6.38. The molecule has 0 bridgehead atoms. The maximum absolute atomic E-state index is 9.15. The zero-order chi connectivity index (χ0) is 10.4. The molecule has 1 aliphatic carbocycles. The molecule has 1 saturated carbocycles. The number of aliphatic hydroxyl groups excluding tert-OH is 1. The van der Waals surface area contributed by atoms with Gasteiger partial charge in [-0.2, -0.15) is 0 Å². The van der Waals surface area contributed by atoms with E-state index in [0.29, 0.717) is 24.6 Å². The molecule has 3 unspecified atom stereocenters. The molecule has 0 heterocycles. The molecule has 3 heteroatoms. The third-order valence-electron chi connectivity index (χ3n) is 2.96.